The molecule has 38 heavy (non-hydrogen) atoms. The van der Waals surface area contributed by atoms with Gasteiger partial charge in [0.15, 0.2) is 5.71 Å². The Morgan fingerprint density at radius 2 is 2.16 bits per heavy atom. The molecule has 2 aliphatic rings. The molecule has 2 amide bonds. The van der Waals surface area contributed by atoms with E-state index in [2.05, 4.69) is 26.0 Å². The van der Waals surface area contributed by atoms with E-state index in [1.807, 2.05) is 19.0 Å². The minimum Gasteiger partial charge on any atom is -0.508 e. The van der Waals surface area contributed by atoms with Crippen LogP contribution in [0.25, 0.3) is 0 Å². The van der Waals surface area contributed by atoms with Crippen molar-refractivity contribution in [2.24, 2.45) is 5.16 Å². The maximum Gasteiger partial charge on any atom is 0.352 e. The van der Waals surface area contributed by atoms with Crippen molar-refractivity contribution >= 4 is 47.0 Å². The normalized spacial score (nSPS) is 19.3. The molecule has 2 aliphatic heterocycles. The van der Waals surface area contributed by atoms with Gasteiger partial charge >= 0.3 is 5.97 Å². The number of likely N-dealkylation sites (N-methyl/N-ethyl adjacent to an activating group) is 1. The fraction of sp³-hybridized carbons (Fsp3) is 0.409. The maximum absolute atomic E-state index is 13.0. The second-order valence-corrected chi connectivity index (χ2v) is 10.6. The molecule has 3 N–H and O–H groups in total. The Balaban J connectivity index is 1.47. The van der Waals surface area contributed by atoms with Crippen LogP contribution in [0.5, 0.6) is 5.75 Å². The van der Waals surface area contributed by atoms with Crippen LogP contribution in [-0.4, -0.2) is 114 Å². The number of nitrogens with one attached hydrogen (secondary N) is 1. The van der Waals surface area contributed by atoms with Crippen molar-refractivity contribution in [3.05, 3.63) is 41.1 Å². The first-order valence-corrected chi connectivity index (χ1v) is 13.4. The fourth-order valence-electron chi connectivity index (χ4n) is 3.86. The minimum atomic E-state index is -1.22. The molecule has 2 aromatic rings. The van der Waals surface area contributed by atoms with E-state index in [1.54, 1.807) is 16.8 Å². The standard InChI is InChI=1S/C22H26N8O6S2/c1-28(2)7-8-29-22(24-26-27-29)38-11-13-10-37-20-16(19(33)30(20)17(13)21(34)35)23-18(32)15(25-36-3)12-5-4-6-14(31)9-12/h4-6,9,16,20,31H,7-8,10-11H2,1-3H3,(H,23,32)(H,34,35)/b25-15+/t16?,20-/m1/s1. The number of thioether (sulfide) groups is 2. The number of hydrogen-bond acceptors (Lipinski definition) is 12. The van der Waals surface area contributed by atoms with Gasteiger partial charge in [-0.3, -0.25) is 14.5 Å². The molecule has 0 aliphatic carbocycles. The quantitative estimate of drug-likeness (QED) is 0.143. The van der Waals surface area contributed by atoms with Gasteiger partial charge in [0, 0.05) is 23.6 Å². The number of carboxylic acid groups (broad SMARTS) is 1. The van der Waals surface area contributed by atoms with Gasteiger partial charge in [0.2, 0.25) is 5.16 Å². The summed E-state index contributed by atoms with van der Waals surface area (Å²) in [5.41, 5.74) is 0.629. The SMILES string of the molecule is CO/N=C(/C(=O)NC1C(=O)N2C(C(=O)O)=C(CSc3nnnn3CCN(C)C)CS[C@H]12)c1cccc(O)c1. The van der Waals surface area contributed by atoms with Crippen LogP contribution in [0.2, 0.25) is 0 Å². The number of carboxylic acids is 1. The second-order valence-electron chi connectivity index (χ2n) is 8.57. The number of β-lactam (4-membered cyclic amide) rings is 1. The number of rotatable bonds is 11. The zero-order valence-corrected chi connectivity index (χ0v) is 22.4. The average molecular weight is 563 g/mol. The third-order valence-corrected chi connectivity index (χ3v) is 8.07. The number of phenols is 1. The van der Waals surface area contributed by atoms with E-state index in [9.17, 15) is 24.6 Å². The summed E-state index contributed by atoms with van der Waals surface area (Å²) >= 11 is 2.65. The first-order valence-electron chi connectivity index (χ1n) is 11.4. The van der Waals surface area contributed by atoms with E-state index in [1.165, 1.54) is 47.7 Å². The van der Waals surface area contributed by atoms with Gasteiger partial charge < -0.3 is 25.3 Å². The average Bonchev–Trinajstić information content (AvgIpc) is 3.34. The van der Waals surface area contributed by atoms with Crippen molar-refractivity contribution in [1.29, 1.82) is 0 Å². The van der Waals surface area contributed by atoms with Gasteiger partial charge in [-0.2, -0.15) is 0 Å². The summed E-state index contributed by atoms with van der Waals surface area (Å²) < 4.78 is 1.65. The van der Waals surface area contributed by atoms with Gasteiger partial charge in [-0.1, -0.05) is 29.1 Å². The first kappa shape index (κ1) is 27.4. The lowest BCUT2D eigenvalue weighted by atomic mass is 10.0. The summed E-state index contributed by atoms with van der Waals surface area (Å²) in [6, 6.07) is 4.94. The highest BCUT2D eigenvalue weighted by molar-refractivity contribution is 8.01. The molecule has 0 saturated carbocycles. The summed E-state index contributed by atoms with van der Waals surface area (Å²) in [6.45, 7) is 1.31. The predicted octanol–water partition coefficient (Wildman–Crippen LogP) is -0.178. The van der Waals surface area contributed by atoms with Crippen LogP contribution < -0.4 is 5.32 Å². The molecule has 1 unspecified atom stereocenters. The third kappa shape index (κ3) is 5.76. The van der Waals surface area contributed by atoms with Gasteiger partial charge in [-0.15, -0.1) is 16.9 Å². The van der Waals surface area contributed by atoms with E-state index < -0.39 is 29.2 Å². The third-order valence-electron chi connectivity index (χ3n) is 5.69. The van der Waals surface area contributed by atoms with Gasteiger partial charge in [0.25, 0.3) is 11.8 Å². The Bertz CT molecular complexity index is 1300. The van der Waals surface area contributed by atoms with Crippen LogP contribution >= 0.6 is 23.5 Å². The highest BCUT2D eigenvalue weighted by Gasteiger charge is 2.54. The Hall–Kier alpha value is -3.63. The highest BCUT2D eigenvalue weighted by Crippen LogP contribution is 2.41. The maximum atomic E-state index is 13.0. The molecule has 2 atom stereocenters. The van der Waals surface area contributed by atoms with Crippen molar-refractivity contribution in [2.45, 2.75) is 23.1 Å². The largest absolute Gasteiger partial charge is 0.508 e. The van der Waals surface area contributed by atoms with E-state index >= 15 is 0 Å². The smallest absolute Gasteiger partial charge is 0.352 e. The summed E-state index contributed by atoms with van der Waals surface area (Å²) in [5.74, 6) is -1.90. The monoisotopic (exact) mass is 562 g/mol. The van der Waals surface area contributed by atoms with Crippen molar-refractivity contribution in [3.8, 4) is 5.75 Å². The predicted molar refractivity (Wildman–Crippen MR) is 138 cm³/mol. The zero-order valence-electron chi connectivity index (χ0n) is 20.8. The van der Waals surface area contributed by atoms with Crippen molar-refractivity contribution in [1.82, 2.24) is 35.3 Å². The summed E-state index contributed by atoms with van der Waals surface area (Å²) in [4.78, 5) is 46.2. The Kier molecular flexibility index (Phi) is 8.53. The number of oxime groups is 1. The number of phenolic OH excluding ortho intramolecular Hbond substituents is 1. The molecule has 1 aromatic carbocycles. The summed E-state index contributed by atoms with van der Waals surface area (Å²) in [5, 5.41) is 37.7. The van der Waals surface area contributed by atoms with Crippen LogP contribution in [0.3, 0.4) is 0 Å². The van der Waals surface area contributed by atoms with Gasteiger partial charge in [-0.05, 0) is 42.2 Å². The molecule has 0 bridgehead atoms. The van der Waals surface area contributed by atoms with Gasteiger partial charge in [0.05, 0.1) is 6.54 Å². The number of tetrazole rings is 1. The molecule has 16 heteroatoms. The van der Waals surface area contributed by atoms with E-state index in [4.69, 9.17) is 4.84 Å². The fourth-order valence-corrected chi connectivity index (χ4v) is 6.25. The number of amides is 2. The zero-order chi connectivity index (χ0) is 27.4. The number of carbonyl (C=O) groups excluding carboxylic acids is 2. The molecule has 1 aromatic heterocycles. The topological polar surface area (TPSA) is 175 Å². The molecule has 0 radical (unpaired) electrons. The molecule has 1 saturated heterocycles. The number of nitrogens with zero attached hydrogens (tertiary/aromatic N) is 7. The number of fused-ring (bicyclic) bond motifs is 1. The van der Waals surface area contributed by atoms with Gasteiger partial charge in [0.1, 0.15) is 30.0 Å². The first-order chi connectivity index (χ1) is 18.2. The highest BCUT2D eigenvalue weighted by atomic mass is 32.2. The number of aromatic nitrogens is 4. The molecule has 1 fully saturated rings. The summed E-state index contributed by atoms with van der Waals surface area (Å²) in [6.07, 6.45) is 0. The number of benzene rings is 1. The lowest BCUT2D eigenvalue weighted by Crippen LogP contribution is -2.71. The van der Waals surface area contributed by atoms with E-state index in [0.29, 0.717) is 28.6 Å². The van der Waals surface area contributed by atoms with Crippen molar-refractivity contribution in [2.75, 3.05) is 39.3 Å². The molecule has 4 rings (SSSR count). The number of aliphatic carboxylic acids is 1. The van der Waals surface area contributed by atoms with Crippen LogP contribution in [-0.2, 0) is 25.8 Å². The van der Waals surface area contributed by atoms with Crippen LogP contribution in [0.4, 0.5) is 0 Å². The van der Waals surface area contributed by atoms with Crippen LogP contribution in [0.1, 0.15) is 5.56 Å². The van der Waals surface area contributed by atoms with Gasteiger partial charge in [-0.25, -0.2) is 9.48 Å². The molecule has 3 heterocycles. The number of hydrogen-bond donors (Lipinski definition) is 3. The molecular weight excluding hydrogens is 536 g/mol. The lowest BCUT2D eigenvalue weighted by Gasteiger charge is -2.49. The van der Waals surface area contributed by atoms with E-state index in [-0.39, 0.29) is 22.9 Å². The molecular formula is C22H26N8O6S2. The molecule has 14 nitrogen and oxygen atoms in total. The van der Waals surface area contributed by atoms with Crippen molar-refractivity contribution in [3.63, 3.8) is 0 Å². The van der Waals surface area contributed by atoms with Crippen LogP contribution in [0.15, 0.2) is 45.8 Å². The van der Waals surface area contributed by atoms with Crippen LogP contribution in [0, 0.1) is 0 Å². The summed E-state index contributed by atoms with van der Waals surface area (Å²) in [7, 11) is 5.15. The number of carbonyl (C=O) groups is 3. The van der Waals surface area contributed by atoms with Crippen molar-refractivity contribution < 1.29 is 29.4 Å². The second kappa shape index (κ2) is 11.8. The molecule has 0 spiro atoms. The Morgan fingerprint density at radius 3 is 2.84 bits per heavy atom. The van der Waals surface area contributed by atoms with E-state index in [0.717, 1.165) is 6.54 Å². The number of aromatic hydroxyl groups is 1. The lowest BCUT2D eigenvalue weighted by molar-refractivity contribution is -0.150. The Morgan fingerprint density at radius 1 is 1.37 bits per heavy atom. The Labute approximate surface area is 226 Å². The minimum absolute atomic E-state index is 0.0683. The molecule has 202 valence electrons.